The molecule has 1 aromatic heterocycles. The van der Waals surface area contributed by atoms with E-state index in [0.717, 1.165) is 10.3 Å². The summed E-state index contributed by atoms with van der Waals surface area (Å²) in [6.45, 7) is 1.75. The van der Waals surface area contributed by atoms with E-state index >= 15 is 0 Å². The summed E-state index contributed by atoms with van der Waals surface area (Å²) < 4.78 is 16.9. The average molecular weight is 393 g/mol. The molecule has 26 heavy (non-hydrogen) atoms. The third-order valence-electron chi connectivity index (χ3n) is 3.63. The molecule has 0 bridgehead atoms. The number of carbonyl (C=O) groups is 1. The van der Waals surface area contributed by atoms with Crippen molar-refractivity contribution in [2.24, 2.45) is 0 Å². The fourth-order valence-electron chi connectivity index (χ4n) is 2.31. The lowest BCUT2D eigenvalue weighted by molar-refractivity contribution is -0.118. The van der Waals surface area contributed by atoms with Crippen LogP contribution in [0.2, 0.25) is 5.02 Å². The van der Waals surface area contributed by atoms with E-state index in [-0.39, 0.29) is 12.5 Å². The predicted octanol–water partition coefficient (Wildman–Crippen LogP) is 4.29. The van der Waals surface area contributed by atoms with Crippen molar-refractivity contribution in [3.63, 3.8) is 0 Å². The summed E-state index contributed by atoms with van der Waals surface area (Å²) in [5.74, 6) is 1.53. The third kappa shape index (κ3) is 4.00. The molecule has 0 saturated heterocycles. The highest BCUT2D eigenvalue weighted by Crippen LogP contribution is 2.36. The van der Waals surface area contributed by atoms with Crippen molar-refractivity contribution < 1.29 is 19.0 Å². The Morgan fingerprint density at radius 2 is 2.00 bits per heavy atom. The molecule has 0 unspecified atom stereocenters. The predicted molar refractivity (Wildman–Crippen MR) is 103 cm³/mol. The summed E-state index contributed by atoms with van der Waals surface area (Å²) in [7, 11) is 3.15. The van der Waals surface area contributed by atoms with E-state index in [2.05, 4.69) is 10.3 Å². The van der Waals surface area contributed by atoms with Crippen LogP contribution in [-0.2, 0) is 4.79 Å². The maximum Gasteiger partial charge on any atom is 0.264 e. The van der Waals surface area contributed by atoms with Gasteiger partial charge in [0.25, 0.3) is 5.91 Å². The number of aryl methyl sites for hydroxylation is 1. The summed E-state index contributed by atoms with van der Waals surface area (Å²) in [6.07, 6.45) is 0. The van der Waals surface area contributed by atoms with Crippen LogP contribution in [0.15, 0.2) is 30.3 Å². The van der Waals surface area contributed by atoms with Crippen LogP contribution in [0.1, 0.15) is 5.56 Å². The molecule has 0 aliphatic rings. The summed E-state index contributed by atoms with van der Waals surface area (Å²) in [6, 6.07) is 8.83. The van der Waals surface area contributed by atoms with Gasteiger partial charge in [0.05, 0.1) is 18.9 Å². The molecular formula is C18H17ClN2O4S. The van der Waals surface area contributed by atoms with Gasteiger partial charge in [-0.3, -0.25) is 10.1 Å². The van der Waals surface area contributed by atoms with E-state index in [9.17, 15) is 4.79 Å². The third-order valence-corrected chi connectivity index (χ3v) is 4.98. The lowest BCUT2D eigenvalue weighted by atomic mass is 10.2. The first-order valence-electron chi connectivity index (χ1n) is 7.71. The molecule has 8 heteroatoms. The van der Waals surface area contributed by atoms with Crippen molar-refractivity contribution in [3.8, 4) is 17.2 Å². The number of fused-ring (bicyclic) bond motifs is 1. The number of carbonyl (C=O) groups excluding carboxylic acids is 1. The van der Waals surface area contributed by atoms with Gasteiger partial charge in [-0.15, -0.1) is 0 Å². The molecule has 0 spiro atoms. The van der Waals surface area contributed by atoms with Gasteiger partial charge in [0.2, 0.25) is 0 Å². The standard InChI is InChI=1S/C18H17ClN2O4S/c1-10-6-11(4-5-13(10)19)25-9-16(22)20-18-21-17-14(24-3)7-12(23-2)8-15(17)26-18/h4-8H,9H2,1-3H3,(H,20,21,22). The van der Waals surface area contributed by atoms with Crippen LogP contribution < -0.4 is 19.5 Å². The van der Waals surface area contributed by atoms with Crippen molar-refractivity contribution in [2.45, 2.75) is 6.92 Å². The highest BCUT2D eigenvalue weighted by Gasteiger charge is 2.13. The van der Waals surface area contributed by atoms with Gasteiger partial charge in [-0.1, -0.05) is 22.9 Å². The first-order valence-corrected chi connectivity index (χ1v) is 8.91. The number of amides is 1. The van der Waals surface area contributed by atoms with Crippen LogP contribution in [-0.4, -0.2) is 31.7 Å². The smallest absolute Gasteiger partial charge is 0.264 e. The molecule has 136 valence electrons. The highest BCUT2D eigenvalue weighted by molar-refractivity contribution is 7.22. The number of benzene rings is 2. The maximum atomic E-state index is 12.1. The molecule has 1 N–H and O–H groups in total. The SMILES string of the molecule is COc1cc(OC)c2nc(NC(=O)COc3ccc(Cl)c(C)c3)sc2c1. The van der Waals surface area contributed by atoms with E-state index in [4.69, 9.17) is 25.8 Å². The zero-order chi connectivity index (χ0) is 18.7. The van der Waals surface area contributed by atoms with Crippen molar-refractivity contribution in [2.75, 3.05) is 26.1 Å². The Morgan fingerprint density at radius 1 is 1.19 bits per heavy atom. The Bertz CT molecular complexity index is 958. The zero-order valence-electron chi connectivity index (χ0n) is 14.5. The lowest BCUT2D eigenvalue weighted by Crippen LogP contribution is -2.20. The van der Waals surface area contributed by atoms with Gasteiger partial charge in [-0.2, -0.15) is 0 Å². The molecule has 6 nitrogen and oxygen atoms in total. The quantitative estimate of drug-likeness (QED) is 0.677. The van der Waals surface area contributed by atoms with E-state index in [1.54, 1.807) is 38.5 Å². The van der Waals surface area contributed by atoms with E-state index < -0.39 is 0 Å². The Hall–Kier alpha value is -2.51. The minimum atomic E-state index is -0.303. The topological polar surface area (TPSA) is 69.7 Å². The zero-order valence-corrected chi connectivity index (χ0v) is 16.0. The fourth-order valence-corrected chi connectivity index (χ4v) is 3.36. The number of aromatic nitrogens is 1. The molecule has 0 aliphatic heterocycles. The van der Waals surface area contributed by atoms with Gasteiger partial charge in [0.1, 0.15) is 22.8 Å². The maximum absolute atomic E-state index is 12.1. The van der Waals surface area contributed by atoms with Gasteiger partial charge >= 0.3 is 0 Å². The van der Waals surface area contributed by atoms with Gasteiger partial charge in [-0.05, 0) is 36.8 Å². The number of thiazole rings is 1. The lowest BCUT2D eigenvalue weighted by Gasteiger charge is -2.07. The van der Waals surface area contributed by atoms with Gasteiger partial charge in [0, 0.05) is 11.1 Å². The number of methoxy groups -OCH3 is 2. The number of halogens is 1. The molecule has 1 heterocycles. The molecular weight excluding hydrogens is 376 g/mol. The van der Waals surface area contributed by atoms with E-state index in [1.807, 2.05) is 13.0 Å². The van der Waals surface area contributed by atoms with Crippen LogP contribution in [0.25, 0.3) is 10.2 Å². The van der Waals surface area contributed by atoms with Crippen LogP contribution >= 0.6 is 22.9 Å². The van der Waals surface area contributed by atoms with Crippen molar-refractivity contribution in [3.05, 3.63) is 40.9 Å². The normalized spacial score (nSPS) is 10.6. The molecule has 3 rings (SSSR count). The Morgan fingerprint density at radius 3 is 2.69 bits per heavy atom. The van der Waals surface area contributed by atoms with Crippen molar-refractivity contribution in [1.82, 2.24) is 4.98 Å². The number of nitrogens with zero attached hydrogens (tertiary/aromatic N) is 1. The van der Waals surface area contributed by atoms with Gasteiger partial charge in [-0.25, -0.2) is 4.98 Å². The second kappa shape index (κ2) is 7.80. The number of hydrogen-bond donors (Lipinski definition) is 1. The molecule has 0 atom stereocenters. The first kappa shape index (κ1) is 18.3. The first-order chi connectivity index (χ1) is 12.5. The summed E-state index contributed by atoms with van der Waals surface area (Å²) in [5, 5.41) is 3.86. The molecule has 0 saturated carbocycles. The number of rotatable bonds is 6. The minimum absolute atomic E-state index is 0.128. The monoisotopic (exact) mass is 392 g/mol. The van der Waals surface area contributed by atoms with Gasteiger partial charge in [0.15, 0.2) is 11.7 Å². The Kier molecular flexibility index (Phi) is 5.49. The number of nitrogens with one attached hydrogen (secondary N) is 1. The summed E-state index contributed by atoms with van der Waals surface area (Å²) in [4.78, 5) is 16.6. The highest BCUT2D eigenvalue weighted by atomic mass is 35.5. The average Bonchev–Trinajstić information content (AvgIpc) is 3.03. The van der Waals surface area contributed by atoms with E-state index in [1.165, 1.54) is 11.3 Å². The van der Waals surface area contributed by atoms with Crippen LogP contribution in [0, 0.1) is 6.92 Å². The molecule has 0 aliphatic carbocycles. The number of ether oxygens (including phenoxy) is 3. The largest absolute Gasteiger partial charge is 0.497 e. The second-order valence-corrected chi connectivity index (χ2v) is 6.88. The van der Waals surface area contributed by atoms with Crippen LogP contribution in [0.3, 0.4) is 0 Å². The molecule has 3 aromatic rings. The van der Waals surface area contributed by atoms with Gasteiger partial charge < -0.3 is 14.2 Å². The van der Waals surface area contributed by atoms with Crippen molar-refractivity contribution >= 4 is 44.2 Å². The summed E-state index contributed by atoms with van der Waals surface area (Å²) in [5.41, 5.74) is 1.56. The summed E-state index contributed by atoms with van der Waals surface area (Å²) >= 11 is 7.31. The molecule has 0 fully saturated rings. The molecule has 0 radical (unpaired) electrons. The van der Waals surface area contributed by atoms with Crippen LogP contribution in [0.5, 0.6) is 17.2 Å². The Balaban J connectivity index is 1.69. The fraction of sp³-hybridized carbons (Fsp3) is 0.222. The minimum Gasteiger partial charge on any atom is -0.497 e. The molecule has 2 aromatic carbocycles. The van der Waals surface area contributed by atoms with Crippen LogP contribution in [0.4, 0.5) is 5.13 Å². The second-order valence-electron chi connectivity index (χ2n) is 5.44. The molecule has 1 amide bonds. The van der Waals surface area contributed by atoms with Crippen molar-refractivity contribution in [1.29, 1.82) is 0 Å². The number of hydrogen-bond acceptors (Lipinski definition) is 6. The van der Waals surface area contributed by atoms with E-state index in [0.29, 0.717) is 32.9 Å². The number of anilines is 1. The Labute approximate surface area is 159 Å².